The van der Waals surface area contributed by atoms with E-state index in [9.17, 15) is 8.42 Å². The van der Waals surface area contributed by atoms with Crippen molar-refractivity contribution in [3.05, 3.63) is 22.4 Å². The number of hydrogen-bond acceptors (Lipinski definition) is 4. The van der Waals surface area contributed by atoms with Crippen LogP contribution in [0.5, 0.6) is 0 Å². The summed E-state index contributed by atoms with van der Waals surface area (Å²) in [4.78, 5) is 1.000. The van der Waals surface area contributed by atoms with Crippen LogP contribution in [0.1, 0.15) is 37.6 Å². The van der Waals surface area contributed by atoms with Crippen LogP contribution in [0.15, 0.2) is 17.5 Å². The Labute approximate surface area is 118 Å². The second-order valence-electron chi connectivity index (χ2n) is 4.06. The van der Waals surface area contributed by atoms with E-state index in [-0.39, 0.29) is 11.0 Å². The second kappa shape index (κ2) is 6.60. The van der Waals surface area contributed by atoms with Gasteiger partial charge in [-0.2, -0.15) is 0 Å². The van der Waals surface area contributed by atoms with Gasteiger partial charge in [0.2, 0.25) is 10.0 Å². The Kier molecular flexibility index (Phi) is 5.71. The molecule has 0 fully saturated rings. The summed E-state index contributed by atoms with van der Waals surface area (Å²) in [7, 11) is -3.52. The summed E-state index contributed by atoms with van der Waals surface area (Å²) in [6, 6.07) is 3.64. The maximum Gasteiger partial charge on any atom is 0.221 e. The Morgan fingerprint density at radius 1 is 1.61 bits per heavy atom. The Morgan fingerprint density at radius 3 is 2.72 bits per heavy atom. The first-order valence-electron chi connectivity index (χ1n) is 5.72. The van der Waals surface area contributed by atoms with Gasteiger partial charge in [-0.05, 0) is 24.8 Å². The smallest absolute Gasteiger partial charge is 0.221 e. The molecule has 1 heterocycles. The lowest BCUT2D eigenvalue weighted by Crippen LogP contribution is -2.41. The molecule has 0 bridgehead atoms. The average molecular weight is 306 g/mol. The molecular weight excluding hydrogens is 288 g/mol. The number of nitrogens with one attached hydrogen (secondary N) is 1. The molecule has 3 N–H and O–H groups in total. The monoisotopic (exact) mass is 306 g/mol. The fraction of sp³-hybridized carbons (Fsp3) is 0.545. The van der Waals surface area contributed by atoms with Crippen LogP contribution in [0, 0.1) is 0 Å². The number of sulfonamides is 1. The van der Waals surface area contributed by atoms with E-state index in [0.717, 1.165) is 17.7 Å². The standard InChI is InChI=1S/C11H18N2O2S3/c1-3-5-9(10-6-4-7-17-10)13-18(14,15)8(2)11(12)16/h4,6-9,13H,3,5H2,1-2H3,(H2,12,16). The molecule has 1 aromatic heterocycles. The van der Waals surface area contributed by atoms with E-state index in [1.54, 1.807) is 11.3 Å². The molecule has 0 spiro atoms. The minimum atomic E-state index is -3.52. The SMILES string of the molecule is CCCC(NS(=O)(=O)C(C)C(N)=S)c1cccs1. The molecule has 0 saturated carbocycles. The van der Waals surface area contributed by atoms with Gasteiger partial charge < -0.3 is 5.73 Å². The molecule has 1 rings (SSSR count). The van der Waals surface area contributed by atoms with Gasteiger partial charge >= 0.3 is 0 Å². The van der Waals surface area contributed by atoms with Crippen molar-refractivity contribution in [2.45, 2.75) is 38.0 Å². The Bertz CT molecular complexity index is 482. The highest BCUT2D eigenvalue weighted by molar-refractivity contribution is 7.93. The number of thiocarbonyl (C=S) groups is 1. The van der Waals surface area contributed by atoms with Crippen LogP contribution in [0.4, 0.5) is 0 Å². The first-order valence-corrected chi connectivity index (χ1v) is 8.55. The van der Waals surface area contributed by atoms with Gasteiger partial charge in [-0.15, -0.1) is 11.3 Å². The van der Waals surface area contributed by atoms with Crippen molar-refractivity contribution in [1.82, 2.24) is 4.72 Å². The number of nitrogens with two attached hydrogens (primary N) is 1. The van der Waals surface area contributed by atoms with Gasteiger partial charge in [-0.1, -0.05) is 31.6 Å². The summed E-state index contributed by atoms with van der Waals surface area (Å²) in [5.74, 6) is 0. The molecule has 0 aliphatic carbocycles. The van der Waals surface area contributed by atoms with Gasteiger partial charge in [0.25, 0.3) is 0 Å². The largest absolute Gasteiger partial charge is 0.392 e. The second-order valence-corrected chi connectivity index (χ2v) is 7.55. The first kappa shape index (κ1) is 15.6. The van der Waals surface area contributed by atoms with Crippen LogP contribution in [-0.4, -0.2) is 18.7 Å². The summed E-state index contributed by atoms with van der Waals surface area (Å²) >= 11 is 6.29. The van der Waals surface area contributed by atoms with E-state index in [0.29, 0.717) is 0 Å². The van der Waals surface area contributed by atoms with Gasteiger partial charge in [-0.25, -0.2) is 13.1 Å². The van der Waals surface area contributed by atoms with Crippen molar-refractivity contribution >= 4 is 38.6 Å². The Hall–Kier alpha value is -0.500. The minimum absolute atomic E-state index is 0.0103. The van der Waals surface area contributed by atoms with Gasteiger partial charge in [0, 0.05) is 4.88 Å². The molecule has 0 aliphatic rings. The summed E-state index contributed by atoms with van der Waals surface area (Å²) in [5, 5.41) is 1.08. The van der Waals surface area contributed by atoms with Crippen LogP contribution in [0.25, 0.3) is 0 Å². The Balaban J connectivity index is 2.88. The number of rotatable bonds is 7. The average Bonchev–Trinajstić information content (AvgIpc) is 2.80. The predicted molar refractivity (Wildman–Crippen MR) is 80.3 cm³/mol. The molecule has 0 amide bonds. The van der Waals surface area contributed by atoms with Crippen molar-refractivity contribution in [2.75, 3.05) is 0 Å². The van der Waals surface area contributed by atoms with Crippen molar-refractivity contribution in [1.29, 1.82) is 0 Å². The maximum absolute atomic E-state index is 12.1. The van der Waals surface area contributed by atoms with E-state index in [1.165, 1.54) is 6.92 Å². The lowest BCUT2D eigenvalue weighted by Gasteiger charge is -2.19. The van der Waals surface area contributed by atoms with Crippen LogP contribution >= 0.6 is 23.6 Å². The van der Waals surface area contributed by atoms with Crippen molar-refractivity contribution in [3.63, 3.8) is 0 Å². The molecule has 7 heteroatoms. The van der Waals surface area contributed by atoms with Crippen LogP contribution in [-0.2, 0) is 10.0 Å². The fourth-order valence-corrected chi connectivity index (χ4v) is 3.91. The lowest BCUT2D eigenvalue weighted by atomic mass is 10.1. The topological polar surface area (TPSA) is 72.2 Å². The van der Waals surface area contributed by atoms with Gasteiger partial charge in [0.1, 0.15) is 5.25 Å². The molecule has 0 saturated heterocycles. The van der Waals surface area contributed by atoms with Crippen molar-refractivity contribution in [3.8, 4) is 0 Å². The van der Waals surface area contributed by atoms with Crippen molar-refractivity contribution in [2.24, 2.45) is 5.73 Å². The normalized spacial score (nSPS) is 15.2. The van der Waals surface area contributed by atoms with Gasteiger partial charge in [-0.3, -0.25) is 0 Å². The minimum Gasteiger partial charge on any atom is -0.392 e. The highest BCUT2D eigenvalue weighted by atomic mass is 32.2. The van der Waals surface area contributed by atoms with E-state index in [1.807, 2.05) is 24.4 Å². The molecule has 0 aliphatic heterocycles. The molecule has 2 atom stereocenters. The van der Waals surface area contributed by atoms with E-state index in [4.69, 9.17) is 18.0 Å². The van der Waals surface area contributed by atoms with Crippen LogP contribution in [0.2, 0.25) is 0 Å². The van der Waals surface area contributed by atoms with E-state index >= 15 is 0 Å². The van der Waals surface area contributed by atoms with Gasteiger partial charge in [0.05, 0.1) is 11.0 Å². The predicted octanol–water partition coefficient (Wildman–Crippen LogP) is 2.18. The summed E-state index contributed by atoms with van der Waals surface area (Å²) in [6.07, 6.45) is 1.65. The zero-order valence-corrected chi connectivity index (χ0v) is 12.9. The molecular formula is C11H18N2O2S3. The van der Waals surface area contributed by atoms with Crippen LogP contribution < -0.4 is 10.5 Å². The molecule has 0 aromatic carbocycles. The third-order valence-corrected chi connectivity index (χ3v) is 5.92. The summed E-state index contributed by atoms with van der Waals surface area (Å²) in [6.45, 7) is 3.52. The lowest BCUT2D eigenvalue weighted by molar-refractivity contribution is 0.538. The first-order chi connectivity index (χ1) is 8.38. The molecule has 18 heavy (non-hydrogen) atoms. The number of hydrogen-bond donors (Lipinski definition) is 2. The molecule has 102 valence electrons. The van der Waals surface area contributed by atoms with Gasteiger partial charge in [0.15, 0.2) is 0 Å². The highest BCUT2D eigenvalue weighted by Gasteiger charge is 2.27. The third-order valence-electron chi connectivity index (χ3n) is 2.64. The molecule has 4 nitrogen and oxygen atoms in total. The Morgan fingerprint density at radius 2 is 2.28 bits per heavy atom. The van der Waals surface area contributed by atoms with E-state index in [2.05, 4.69) is 4.72 Å². The molecule has 2 unspecified atom stereocenters. The molecule has 1 aromatic rings. The third kappa shape index (κ3) is 4.01. The maximum atomic E-state index is 12.1. The summed E-state index contributed by atoms with van der Waals surface area (Å²) < 4.78 is 26.8. The molecule has 0 radical (unpaired) electrons. The zero-order chi connectivity index (χ0) is 13.8. The highest BCUT2D eigenvalue weighted by Crippen LogP contribution is 2.24. The quantitative estimate of drug-likeness (QED) is 0.757. The van der Waals surface area contributed by atoms with E-state index < -0.39 is 15.3 Å². The fourth-order valence-electron chi connectivity index (χ4n) is 1.49. The van der Waals surface area contributed by atoms with Crippen molar-refractivity contribution < 1.29 is 8.42 Å². The van der Waals surface area contributed by atoms with Crippen LogP contribution in [0.3, 0.4) is 0 Å². The number of thiophene rings is 1. The summed E-state index contributed by atoms with van der Waals surface area (Å²) in [5.41, 5.74) is 5.41. The zero-order valence-electron chi connectivity index (χ0n) is 10.4.